The third-order valence-corrected chi connectivity index (χ3v) is 18.9. The molecule has 0 radical (unpaired) electrons. The van der Waals surface area contributed by atoms with Crippen LogP contribution in [0.15, 0.2) is 231 Å². The van der Waals surface area contributed by atoms with Crippen LogP contribution >= 0.6 is 0 Å². The molecule has 0 saturated carbocycles. The van der Waals surface area contributed by atoms with Crippen LogP contribution in [0.1, 0.15) is 0 Å². The van der Waals surface area contributed by atoms with Gasteiger partial charge in [-0.15, -0.1) is 0 Å². The fraction of sp³-hybridized carbons (Fsp3) is 0. The number of aromatic nitrogens is 2. The van der Waals surface area contributed by atoms with Crippen molar-refractivity contribution in [3.8, 4) is 11.4 Å². The van der Waals surface area contributed by atoms with Crippen LogP contribution in [0.4, 0.5) is 0 Å². The lowest BCUT2D eigenvalue weighted by Crippen LogP contribution is -2.74. The lowest BCUT2D eigenvalue weighted by molar-refractivity contribution is 1.18. The smallest absolute Gasteiger partial charge is 0.179 e. The first-order valence-corrected chi connectivity index (χ1v) is 23.9. The van der Waals surface area contributed by atoms with Crippen LogP contribution in [0.2, 0.25) is 0 Å². The van der Waals surface area contributed by atoms with E-state index in [0.717, 1.165) is 0 Å². The van der Waals surface area contributed by atoms with Gasteiger partial charge in [0.1, 0.15) is 0 Å². The fourth-order valence-corrected chi connectivity index (χ4v) is 16.1. The highest BCUT2D eigenvalue weighted by Crippen LogP contribution is 2.40. The highest BCUT2D eigenvalue weighted by Gasteiger charge is 2.42. The van der Waals surface area contributed by atoms with Crippen molar-refractivity contribution in [2.24, 2.45) is 0 Å². The topological polar surface area (TPSA) is 9.86 Å². The van der Waals surface area contributed by atoms with Crippen LogP contribution in [-0.2, 0) is 0 Å². The molecular weight excluding hydrogens is 777 g/mol. The summed E-state index contributed by atoms with van der Waals surface area (Å²) in [6.07, 6.45) is 0. The normalized spacial score (nSPS) is 12.4. The Kier molecular flexibility index (Phi) is 7.17. The second kappa shape index (κ2) is 13.0. The zero-order chi connectivity index (χ0) is 41.2. The van der Waals surface area contributed by atoms with Crippen LogP contribution in [0.5, 0.6) is 0 Å². The molecular formula is C60H38N2Si. The van der Waals surface area contributed by atoms with Crippen molar-refractivity contribution in [3.05, 3.63) is 231 Å². The van der Waals surface area contributed by atoms with Gasteiger partial charge in [0, 0.05) is 32.9 Å². The van der Waals surface area contributed by atoms with E-state index in [1.807, 2.05) is 0 Å². The first-order valence-electron chi connectivity index (χ1n) is 21.9. The van der Waals surface area contributed by atoms with Crippen molar-refractivity contribution in [1.82, 2.24) is 9.13 Å². The first kappa shape index (κ1) is 34.7. The molecule has 0 unspecified atom stereocenters. The number of nitrogens with zero attached hydrogens (tertiary/aromatic N) is 2. The van der Waals surface area contributed by atoms with Crippen molar-refractivity contribution in [3.63, 3.8) is 0 Å². The number of rotatable bonds is 6. The summed E-state index contributed by atoms with van der Waals surface area (Å²) in [5.41, 5.74) is 7.30. The first-order chi connectivity index (χ1) is 31.2. The van der Waals surface area contributed by atoms with Crippen molar-refractivity contribution < 1.29 is 0 Å². The third-order valence-electron chi connectivity index (χ3n) is 14.1. The number of benzene rings is 12. The molecule has 0 spiro atoms. The number of hydrogen-bond donors (Lipinski definition) is 0. The van der Waals surface area contributed by atoms with Crippen molar-refractivity contribution in [1.29, 1.82) is 0 Å². The van der Waals surface area contributed by atoms with Gasteiger partial charge in [0.2, 0.25) is 0 Å². The van der Waals surface area contributed by atoms with Gasteiger partial charge in [0.05, 0.1) is 22.1 Å². The summed E-state index contributed by atoms with van der Waals surface area (Å²) in [4.78, 5) is 0. The Labute approximate surface area is 364 Å². The van der Waals surface area contributed by atoms with Crippen LogP contribution in [-0.4, -0.2) is 17.2 Å². The minimum Gasteiger partial charge on any atom is -0.309 e. The Morgan fingerprint density at radius 3 is 0.857 bits per heavy atom. The molecule has 0 aliphatic heterocycles. The molecule has 0 fully saturated rings. The zero-order valence-electron chi connectivity index (χ0n) is 34.3. The summed E-state index contributed by atoms with van der Waals surface area (Å²) in [7, 11) is -3.02. The highest BCUT2D eigenvalue weighted by atomic mass is 28.3. The quantitative estimate of drug-likeness (QED) is 0.0899. The molecule has 2 heterocycles. The molecule has 0 amide bonds. The third kappa shape index (κ3) is 4.83. The molecule has 292 valence electrons. The Morgan fingerprint density at radius 1 is 0.222 bits per heavy atom. The Morgan fingerprint density at radius 2 is 0.508 bits per heavy atom. The Hall–Kier alpha value is -7.98. The molecule has 14 aromatic rings. The molecule has 14 rings (SSSR count). The molecule has 12 aromatic carbocycles. The molecule has 0 aliphatic carbocycles. The lowest BCUT2D eigenvalue weighted by atomic mass is 10.0. The molecule has 0 bridgehead atoms. The SMILES string of the molecule is c1ccc2cc([Si](c3ccc(-n4c5cccc6ccc7cccc4c7c65)cc3)(c3ccc(-n4c5cccc6ccc7cccc4c7c65)cc3)c3ccc4ccccc4c3)ccc2c1. The van der Waals surface area contributed by atoms with Gasteiger partial charge in [-0.2, -0.15) is 0 Å². The molecule has 2 aromatic heterocycles. The largest absolute Gasteiger partial charge is 0.309 e. The van der Waals surface area contributed by atoms with Crippen LogP contribution in [0, 0.1) is 0 Å². The van der Waals surface area contributed by atoms with Gasteiger partial charge in [0.25, 0.3) is 0 Å². The Balaban J connectivity index is 1.04. The van der Waals surface area contributed by atoms with E-state index >= 15 is 0 Å². The average molecular weight is 815 g/mol. The molecule has 0 saturated heterocycles. The molecule has 0 aliphatic rings. The summed E-state index contributed by atoms with van der Waals surface area (Å²) in [5.74, 6) is 0. The second-order valence-corrected chi connectivity index (χ2v) is 21.1. The summed E-state index contributed by atoms with van der Waals surface area (Å²) >= 11 is 0. The maximum atomic E-state index is 2.48. The Bertz CT molecular complexity index is 3680. The maximum absolute atomic E-state index is 3.02. The minimum atomic E-state index is -3.02. The predicted molar refractivity (Wildman–Crippen MR) is 271 cm³/mol. The summed E-state index contributed by atoms with van der Waals surface area (Å²) in [6, 6.07) is 87.3. The van der Waals surface area contributed by atoms with E-state index in [4.69, 9.17) is 0 Å². The van der Waals surface area contributed by atoms with Gasteiger partial charge in [-0.05, 0) is 112 Å². The summed E-state index contributed by atoms with van der Waals surface area (Å²) < 4.78 is 4.93. The van der Waals surface area contributed by atoms with Crippen molar-refractivity contribution in [2.75, 3.05) is 0 Å². The van der Waals surface area contributed by atoms with E-state index in [1.54, 1.807) is 0 Å². The van der Waals surface area contributed by atoms with Crippen LogP contribution in [0.25, 0.3) is 98.1 Å². The molecule has 3 heteroatoms. The zero-order valence-corrected chi connectivity index (χ0v) is 35.3. The minimum absolute atomic E-state index is 1.17. The van der Waals surface area contributed by atoms with Gasteiger partial charge in [0.15, 0.2) is 8.07 Å². The van der Waals surface area contributed by atoms with E-state index in [1.165, 1.54) is 119 Å². The number of fused-ring (bicyclic) bond motifs is 2. The summed E-state index contributed by atoms with van der Waals surface area (Å²) in [5, 5.41) is 20.9. The van der Waals surface area contributed by atoms with Gasteiger partial charge in [-0.25, -0.2) is 0 Å². The van der Waals surface area contributed by atoms with Gasteiger partial charge in [-0.1, -0.05) is 182 Å². The van der Waals surface area contributed by atoms with Crippen LogP contribution in [0.3, 0.4) is 0 Å². The van der Waals surface area contributed by atoms with E-state index in [9.17, 15) is 0 Å². The standard InChI is InChI=1S/C60H38N2Si/c1-3-11-45-37-51(31-25-39(45)9-1)63(52-32-26-40-10-2-4-12-46(40)38-52,49-33-27-47(28-34-49)61-53-17-5-13-41-21-22-42-14-6-18-54(61)58(42)57(41)53)50-35-29-48(30-36-50)62-55-19-7-15-43-23-24-44-16-8-20-56(62)60(44)59(43)55/h1-38H. The molecule has 0 N–H and O–H groups in total. The average Bonchev–Trinajstić information content (AvgIpc) is 3.88. The van der Waals surface area contributed by atoms with E-state index < -0.39 is 8.07 Å². The lowest BCUT2D eigenvalue weighted by Gasteiger charge is -2.35. The van der Waals surface area contributed by atoms with Crippen molar-refractivity contribution in [2.45, 2.75) is 0 Å². The fourth-order valence-electron chi connectivity index (χ4n) is 11.4. The van der Waals surface area contributed by atoms with E-state index in [-0.39, 0.29) is 0 Å². The van der Waals surface area contributed by atoms with Gasteiger partial charge < -0.3 is 9.13 Å². The van der Waals surface area contributed by atoms with Crippen molar-refractivity contribution >= 4 is 116 Å². The van der Waals surface area contributed by atoms with E-state index in [2.05, 4.69) is 240 Å². The molecule has 2 nitrogen and oxygen atoms in total. The number of hydrogen-bond acceptors (Lipinski definition) is 0. The van der Waals surface area contributed by atoms with Gasteiger partial charge in [-0.3, -0.25) is 0 Å². The highest BCUT2D eigenvalue weighted by molar-refractivity contribution is 7.20. The summed E-state index contributed by atoms with van der Waals surface area (Å²) in [6.45, 7) is 0. The monoisotopic (exact) mass is 814 g/mol. The van der Waals surface area contributed by atoms with Gasteiger partial charge >= 0.3 is 0 Å². The molecule has 0 atom stereocenters. The van der Waals surface area contributed by atoms with Crippen LogP contribution < -0.4 is 20.7 Å². The predicted octanol–water partition coefficient (Wildman–Crippen LogP) is 12.7. The maximum Gasteiger partial charge on any atom is 0.179 e. The molecule has 63 heavy (non-hydrogen) atoms. The second-order valence-electron chi connectivity index (χ2n) is 17.3. The van der Waals surface area contributed by atoms with E-state index in [0.29, 0.717) is 0 Å².